The van der Waals surface area contributed by atoms with Crippen LogP contribution in [0.2, 0.25) is 0 Å². The second-order valence-electron chi connectivity index (χ2n) is 5.86. The second-order valence-corrected chi connectivity index (χ2v) is 5.86. The van der Waals surface area contributed by atoms with Gasteiger partial charge in [0.15, 0.2) is 0 Å². The molecule has 0 atom stereocenters. The number of hydrogen-bond donors (Lipinski definition) is 1. The van der Waals surface area contributed by atoms with Gasteiger partial charge in [0.05, 0.1) is 33.2 Å². The fraction of sp³-hybridized carbons (Fsp3) is 0.438. The summed E-state index contributed by atoms with van der Waals surface area (Å²) in [5, 5.41) is 3.88. The molecule has 0 spiro atoms. The van der Waals surface area contributed by atoms with Crippen molar-refractivity contribution in [2.24, 2.45) is 0 Å². The van der Waals surface area contributed by atoms with Gasteiger partial charge in [0.1, 0.15) is 5.82 Å². The van der Waals surface area contributed by atoms with Crippen molar-refractivity contribution in [1.29, 1.82) is 0 Å². The summed E-state index contributed by atoms with van der Waals surface area (Å²) < 4.78 is 18.1. The van der Waals surface area contributed by atoms with E-state index in [2.05, 4.69) is 17.2 Å². The lowest BCUT2D eigenvalue weighted by Gasteiger charge is -2.30. The van der Waals surface area contributed by atoms with Crippen LogP contribution >= 0.6 is 0 Å². The molecule has 6 nitrogen and oxygen atoms in total. The van der Waals surface area contributed by atoms with Crippen LogP contribution in [0.3, 0.4) is 0 Å². The molecule has 1 fully saturated rings. The fourth-order valence-electron chi connectivity index (χ4n) is 2.58. The first-order chi connectivity index (χ1) is 11.1. The Morgan fingerprint density at radius 1 is 1.30 bits per heavy atom. The monoisotopic (exact) mass is 319 g/mol. The molecule has 0 radical (unpaired) electrons. The Bertz CT molecular complexity index is 663. The first kappa shape index (κ1) is 15.6. The molecule has 2 heterocycles. The molecule has 1 aliphatic rings. The van der Waals surface area contributed by atoms with Crippen molar-refractivity contribution in [2.75, 3.05) is 33.2 Å². The van der Waals surface area contributed by atoms with E-state index in [4.69, 9.17) is 4.52 Å². The van der Waals surface area contributed by atoms with E-state index in [0.717, 1.165) is 26.2 Å². The van der Waals surface area contributed by atoms with E-state index in [1.165, 1.54) is 17.0 Å². The number of piperazine rings is 1. The predicted molar refractivity (Wildman–Crippen MR) is 81.2 cm³/mol. The van der Waals surface area contributed by atoms with Crippen LogP contribution in [0.15, 0.2) is 28.8 Å². The Labute approximate surface area is 133 Å². The number of carbonyl (C=O) groups is 1. The maximum Gasteiger partial charge on any atom is 0.227 e. The quantitative estimate of drug-likeness (QED) is 0.872. The number of halogens is 1. The number of aryl methyl sites for hydroxylation is 1. The average Bonchev–Trinajstić information content (AvgIpc) is 3.03. The van der Waals surface area contributed by atoms with Gasteiger partial charge in [0.2, 0.25) is 17.6 Å². The lowest BCUT2D eigenvalue weighted by Crippen LogP contribution is -3.12. The minimum Gasteiger partial charge on any atom is -0.339 e. The van der Waals surface area contributed by atoms with Crippen molar-refractivity contribution >= 4 is 5.91 Å². The van der Waals surface area contributed by atoms with Gasteiger partial charge in [0, 0.05) is 18.4 Å². The van der Waals surface area contributed by atoms with Crippen molar-refractivity contribution in [3.05, 3.63) is 36.0 Å². The molecule has 1 N–H and O–H groups in total. The zero-order valence-corrected chi connectivity index (χ0v) is 13.1. The van der Waals surface area contributed by atoms with Crippen molar-refractivity contribution in [3.63, 3.8) is 0 Å². The molecule has 23 heavy (non-hydrogen) atoms. The molecule has 0 unspecified atom stereocenters. The lowest BCUT2D eigenvalue weighted by molar-refractivity contribution is -0.883. The van der Waals surface area contributed by atoms with Crippen LogP contribution in [-0.2, 0) is 11.2 Å². The van der Waals surface area contributed by atoms with Gasteiger partial charge >= 0.3 is 0 Å². The van der Waals surface area contributed by atoms with Crippen LogP contribution < -0.4 is 4.90 Å². The van der Waals surface area contributed by atoms with Crippen molar-refractivity contribution in [3.8, 4) is 11.4 Å². The van der Waals surface area contributed by atoms with Gasteiger partial charge in [-0.2, -0.15) is 4.98 Å². The van der Waals surface area contributed by atoms with E-state index in [1.807, 2.05) is 4.90 Å². The minimum absolute atomic E-state index is 0.124. The number of nitrogens with zero attached hydrogens (tertiary/aromatic N) is 3. The van der Waals surface area contributed by atoms with Crippen LogP contribution in [0.25, 0.3) is 11.4 Å². The summed E-state index contributed by atoms with van der Waals surface area (Å²) in [5.41, 5.74) is 0.690. The van der Waals surface area contributed by atoms with E-state index >= 15 is 0 Å². The normalized spacial score (nSPS) is 15.8. The molecule has 1 aromatic carbocycles. The molecule has 0 aliphatic carbocycles. The molecule has 1 aliphatic heterocycles. The molecule has 1 amide bonds. The van der Waals surface area contributed by atoms with Crippen molar-refractivity contribution < 1.29 is 18.6 Å². The van der Waals surface area contributed by atoms with Crippen LogP contribution in [0.1, 0.15) is 12.3 Å². The molecule has 1 aromatic heterocycles. The molecule has 122 valence electrons. The number of amides is 1. The van der Waals surface area contributed by atoms with E-state index < -0.39 is 0 Å². The third kappa shape index (κ3) is 3.92. The van der Waals surface area contributed by atoms with Gasteiger partial charge in [-0.1, -0.05) is 5.16 Å². The van der Waals surface area contributed by atoms with Gasteiger partial charge in [-0.15, -0.1) is 0 Å². The molecule has 1 saturated heterocycles. The number of nitrogens with one attached hydrogen (secondary N) is 1. The zero-order valence-electron chi connectivity index (χ0n) is 13.1. The first-order valence-electron chi connectivity index (χ1n) is 7.79. The smallest absolute Gasteiger partial charge is 0.227 e. The molecule has 0 bridgehead atoms. The number of carbonyl (C=O) groups excluding carboxylic acids is 1. The van der Waals surface area contributed by atoms with E-state index in [-0.39, 0.29) is 11.7 Å². The number of aromatic nitrogens is 2. The third-order valence-electron chi connectivity index (χ3n) is 4.09. The minimum atomic E-state index is -0.308. The Morgan fingerprint density at radius 3 is 2.70 bits per heavy atom. The standard InChI is InChI=1S/C16H19FN4O2/c1-20-8-10-21(11-9-20)15(22)7-6-14-18-16(19-23-14)12-2-4-13(17)5-3-12/h2-5H,6-11H2,1H3/p+1. The molecule has 0 saturated carbocycles. The highest BCUT2D eigenvalue weighted by Crippen LogP contribution is 2.16. The second kappa shape index (κ2) is 6.87. The van der Waals surface area contributed by atoms with Gasteiger partial charge in [-0.3, -0.25) is 4.79 Å². The summed E-state index contributed by atoms with van der Waals surface area (Å²) in [6.07, 6.45) is 0.788. The van der Waals surface area contributed by atoms with E-state index in [1.54, 1.807) is 12.1 Å². The Balaban J connectivity index is 1.55. The summed E-state index contributed by atoms with van der Waals surface area (Å²) in [6, 6.07) is 5.90. The van der Waals surface area contributed by atoms with Crippen LogP contribution in [0.4, 0.5) is 4.39 Å². The van der Waals surface area contributed by atoms with Gasteiger partial charge in [-0.25, -0.2) is 4.39 Å². The van der Waals surface area contributed by atoms with Crippen LogP contribution in [0, 0.1) is 5.82 Å². The Kier molecular flexibility index (Phi) is 4.66. The topological polar surface area (TPSA) is 63.7 Å². The number of quaternary nitrogens is 1. The molecular weight excluding hydrogens is 299 g/mol. The lowest BCUT2D eigenvalue weighted by atomic mass is 10.2. The van der Waals surface area contributed by atoms with Gasteiger partial charge in [0.25, 0.3) is 0 Å². The van der Waals surface area contributed by atoms with Crippen molar-refractivity contribution in [1.82, 2.24) is 15.0 Å². The number of rotatable bonds is 4. The number of benzene rings is 1. The third-order valence-corrected chi connectivity index (χ3v) is 4.09. The summed E-state index contributed by atoms with van der Waals surface area (Å²) in [4.78, 5) is 19.8. The number of likely N-dealkylation sites (N-methyl/N-ethyl adjacent to an activating group) is 1. The molecular formula is C16H20FN4O2+. The van der Waals surface area contributed by atoms with Gasteiger partial charge < -0.3 is 14.3 Å². The predicted octanol–water partition coefficient (Wildman–Crippen LogP) is 0.165. The highest BCUT2D eigenvalue weighted by molar-refractivity contribution is 5.76. The van der Waals surface area contributed by atoms with E-state index in [0.29, 0.717) is 30.1 Å². The Hall–Kier alpha value is -2.28. The molecule has 3 rings (SSSR count). The van der Waals surface area contributed by atoms with Crippen molar-refractivity contribution in [2.45, 2.75) is 12.8 Å². The zero-order chi connectivity index (χ0) is 16.2. The summed E-state index contributed by atoms with van der Waals surface area (Å²) in [5.74, 6) is 0.657. The molecule has 7 heteroatoms. The van der Waals surface area contributed by atoms with Crippen LogP contribution in [-0.4, -0.2) is 54.2 Å². The number of hydrogen-bond acceptors (Lipinski definition) is 4. The Morgan fingerprint density at radius 2 is 2.00 bits per heavy atom. The maximum atomic E-state index is 12.9. The maximum absolute atomic E-state index is 12.9. The summed E-state index contributed by atoms with van der Waals surface area (Å²) >= 11 is 0. The molecule has 2 aromatic rings. The summed E-state index contributed by atoms with van der Waals surface area (Å²) in [6.45, 7) is 3.58. The average molecular weight is 319 g/mol. The first-order valence-corrected chi connectivity index (χ1v) is 7.79. The SMILES string of the molecule is C[NH+]1CCN(C(=O)CCc2nc(-c3ccc(F)cc3)no2)CC1. The fourth-order valence-corrected chi connectivity index (χ4v) is 2.58. The largest absolute Gasteiger partial charge is 0.339 e. The van der Waals surface area contributed by atoms with Gasteiger partial charge in [-0.05, 0) is 24.3 Å². The highest BCUT2D eigenvalue weighted by atomic mass is 19.1. The van der Waals surface area contributed by atoms with Crippen LogP contribution in [0.5, 0.6) is 0 Å². The summed E-state index contributed by atoms with van der Waals surface area (Å²) in [7, 11) is 2.14. The highest BCUT2D eigenvalue weighted by Gasteiger charge is 2.21. The van der Waals surface area contributed by atoms with E-state index in [9.17, 15) is 9.18 Å².